The second-order valence-electron chi connectivity index (χ2n) is 4.64. The molecule has 0 amide bonds. The van der Waals surface area contributed by atoms with E-state index in [0.29, 0.717) is 5.75 Å². The smallest absolute Gasteiger partial charge is 0.312 e. The number of nitro groups is 1. The van der Waals surface area contributed by atoms with Crippen LogP contribution >= 0.6 is 0 Å². The van der Waals surface area contributed by atoms with Crippen molar-refractivity contribution in [2.75, 3.05) is 7.11 Å². The molecule has 0 fully saturated rings. The van der Waals surface area contributed by atoms with E-state index in [1.54, 1.807) is 43.3 Å². The summed E-state index contributed by atoms with van der Waals surface area (Å²) in [6.07, 6.45) is 0. The van der Waals surface area contributed by atoms with Gasteiger partial charge in [-0.2, -0.15) is 0 Å². The number of carbonyl (C=O) groups excluding carboxylic acids is 1. The molecule has 2 aromatic rings. The van der Waals surface area contributed by atoms with Crippen molar-refractivity contribution >= 4 is 11.7 Å². The maximum absolute atomic E-state index is 11.5. The predicted octanol–water partition coefficient (Wildman–Crippen LogP) is 3.66. The molecule has 0 aliphatic rings. The normalized spacial score (nSPS) is 11.5. The van der Waals surface area contributed by atoms with Crippen molar-refractivity contribution in [2.24, 2.45) is 0 Å². The number of hydrogen-bond donors (Lipinski definition) is 0. The minimum absolute atomic E-state index is 0.102. The second kappa shape index (κ2) is 6.71. The fourth-order valence-corrected chi connectivity index (χ4v) is 1.96. The minimum Gasteiger partial charge on any atom is -0.469 e. The number of nitrogens with zero attached hydrogens (tertiary/aromatic N) is 1. The van der Waals surface area contributed by atoms with Crippen LogP contribution in [-0.4, -0.2) is 18.0 Å². The van der Waals surface area contributed by atoms with E-state index < -0.39 is 4.92 Å². The van der Waals surface area contributed by atoms with E-state index in [1.807, 2.05) is 0 Å². The van der Waals surface area contributed by atoms with Gasteiger partial charge in [-0.05, 0) is 30.7 Å². The Bertz CT molecular complexity index is 681. The third kappa shape index (κ3) is 3.41. The standard InChI is InChI=1S/C16H15NO5/c1-11(16(18)21-2)12-7-9-13(10-8-12)22-15-6-4-3-5-14(15)17(19)20/h3-11H,1-2H3/t11-/m0/s1. The van der Waals surface area contributed by atoms with Crippen molar-refractivity contribution in [2.45, 2.75) is 12.8 Å². The van der Waals surface area contributed by atoms with Crippen LogP contribution in [0.4, 0.5) is 5.69 Å². The third-order valence-corrected chi connectivity index (χ3v) is 3.22. The maximum atomic E-state index is 11.5. The zero-order valence-corrected chi connectivity index (χ0v) is 12.2. The molecule has 0 bridgehead atoms. The number of carbonyl (C=O) groups is 1. The molecule has 0 aliphatic carbocycles. The number of benzene rings is 2. The van der Waals surface area contributed by atoms with Gasteiger partial charge in [-0.25, -0.2) is 0 Å². The Morgan fingerprint density at radius 2 is 1.77 bits per heavy atom. The van der Waals surface area contributed by atoms with E-state index in [0.717, 1.165) is 5.56 Å². The first kappa shape index (κ1) is 15.5. The third-order valence-electron chi connectivity index (χ3n) is 3.22. The Morgan fingerprint density at radius 3 is 2.36 bits per heavy atom. The van der Waals surface area contributed by atoms with Crippen LogP contribution in [0.2, 0.25) is 0 Å². The molecule has 114 valence electrons. The van der Waals surface area contributed by atoms with Crippen LogP contribution in [0.3, 0.4) is 0 Å². The van der Waals surface area contributed by atoms with Crippen molar-refractivity contribution in [1.29, 1.82) is 0 Å². The topological polar surface area (TPSA) is 78.7 Å². The summed E-state index contributed by atoms with van der Waals surface area (Å²) in [5.74, 6) is -0.0890. The summed E-state index contributed by atoms with van der Waals surface area (Å²) in [5.41, 5.74) is 0.677. The molecule has 0 aliphatic heterocycles. The number of nitro benzene ring substituents is 1. The van der Waals surface area contributed by atoms with Crippen LogP contribution in [0.1, 0.15) is 18.4 Å². The van der Waals surface area contributed by atoms with E-state index in [2.05, 4.69) is 4.74 Å². The van der Waals surface area contributed by atoms with Crippen LogP contribution in [0, 0.1) is 10.1 Å². The number of rotatable bonds is 5. The van der Waals surface area contributed by atoms with Gasteiger partial charge in [-0.1, -0.05) is 24.3 Å². The Balaban J connectivity index is 2.19. The van der Waals surface area contributed by atoms with E-state index in [9.17, 15) is 14.9 Å². The molecule has 2 rings (SSSR count). The van der Waals surface area contributed by atoms with Crippen LogP contribution in [-0.2, 0) is 9.53 Å². The largest absolute Gasteiger partial charge is 0.469 e. The highest BCUT2D eigenvalue weighted by Gasteiger charge is 2.17. The molecule has 0 radical (unpaired) electrons. The molecule has 0 saturated carbocycles. The molecule has 2 aromatic carbocycles. The van der Waals surface area contributed by atoms with E-state index in [1.165, 1.54) is 19.2 Å². The molecule has 0 heterocycles. The fraction of sp³-hybridized carbons (Fsp3) is 0.188. The molecule has 6 heteroatoms. The summed E-state index contributed by atoms with van der Waals surface area (Å²) in [7, 11) is 1.34. The minimum atomic E-state index is -0.497. The summed E-state index contributed by atoms with van der Waals surface area (Å²) in [6, 6.07) is 12.9. The van der Waals surface area contributed by atoms with Crippen molar-refractivity contribution in [3.05, 3.63) is 64.2 Å². The second-order valence-corrected chi connectivity index (χ2v) is 4.64. The van der Waals surface area contributed by atoms with Gasteiger partial charge in [0.2, 0.25) is 5.75 Å². The molecule has 0 spiro atoms. The highest BCUT2D eigenvalue weighted by atomic mass is 16.6. The van der Waals surface area contributed by atoms with Gasteiger partial charge in [0.25, 0.3) is 0 Å². The lowest BCUT2D eigenvalue weighted by Crippen LogP contribution is -2.10. The molecule has 0 saturated heterocycles. The highest BCUT2D eigenvalue weighted by molar-refractivity contribution is 5.77. The Morgan fingerprint density at radius 1 is 1.14 bits per heavy atom. The van der Waals surface area contributed by atoms with Gasteiger partial charge in [-0.3, -0.25) is 14.9 Å². The Hall–Kier alpha value is -2.89. The fourth-order valence-electron chi connectivity index (χ4n) is 1.96. The molecule has 0 N–H and O–H groups in total. The lowest BCUT2D eigenvalue weighted by Gasteiger charge is -2.11. The van der Waals surface area contributed by atoms with Crippen LogP contribution in [0.25, 0.3) is 0 Å². The monoisotopic (exact) mass is 301 g/mol. The Labute approximate surface area is 127 Å². The summed E-state index contributed by atoms with van der Waals surface area (Å²) >= 11 is 0. The average molecular weight is 301 g/mol. The Kier molecular flexibility index (Phi) is 4.73. The van der Waals surface area contributed by atoms with Crippen LogP contribution in [0.15, 0.2) is 48.5 Å². The zero-order valence-electron chi connectivity index (χ0n) is 12.2. The van der Waals surface area contributed by atoms with E-state index in [-0.39, 0.29) is 23.3 Å². The predicted molar refractivity (Wildman–Crippen MR) is 80.0 cm³/mol. The number of ether oxygens (including phenoxy) is 2. The number of esters is 1. The molecular formula is C16H15NO5. The van der Waals surface area contributed by atoms with Crippen molar-refractivity contribution < 1.29 is 19.2 Å². The quantitative estimate of drug-likeness (QED) is 0.478. The number of methoxy groups -OCH3 is 1. The molecule has 1 atom stereocenters. The maximum Gasteiger partial charge on any atom is 0.312 e. The molecular weight excluding hydrogens is 286 g/mol. The van der Waals surface area contributed by atoms with Gasteiger partial charge in [0.15, 0.2) is 0 Å². The van der Waals surface area contributed by atoms with E-state index in [4.69, 9.17) is 4.74 Å². The van der Waals surface area contributed by atoms with Gasteiger partial charge in [0, 0.05) is 6.07 Å². The summed E-state index contributed by atoms with van der Waals surface area (Å²) in [4.78, 5) is 21.9. The first-order chi connectivity index (χ1) is 10.5. The molecule has 0 aromatic heterocycles. The summed E-state index contributed by atoms with van der Waals surface area (Å²) < 4.78 is 10.2. The van der Waals surface area contributed by atoms with Crippen molar-refractivity contribution in [1.82, 2.24) is 0 Å². The zero-order chi connectivity index (χ0) is 16.1. The molecule has 22 heavy (non-hydrogen) atoms. The van der Waals surface area contributed by atoms with Crippen LogP contribution < -0.4 is 4.74 Å². The van der Waals surface area contributed by atoms with Crippen molar-refractivity contribution in [3.63, 3.8) is 0 Å². The lowest BCUT2D eigenvalue weighted by atomic mass is 10.0. The van der Waals surface area contributed by atoms with Crippen LogP contribution in [0.5, 0.6) is 11.5 Å². The summed E-state index contributed by atoms with van der Waals surface area (Å²) in [6.45, 7) is 1.74. The average Bonchev–Trinajstić information content (AvgIpc) is 2.54. The number of hydrogen-bond acceptors (Lipinski definition) is 5. The van der Waals surface area contributed by atoms with Gasteiger partial charge in [0.05, 0.1) is 18.0 Å². The highest BCUT2D eigenvalue weighted by Crippen LogP contribution is 2.31. The van der Waals surface area contributed by atoms with Gasteiger partial charge in [-0.15, -0.1) is 0 Å². The van der Waals surface area contributed by atoms with E-state index >= 15 is 0 Å². The SMILES string of the molecule is COC(=O)[C@@H](C)c1ccc(Oc2ccccc2[N+](=O)[O-])cc1. The van der Waals surface area contributed by atoms with Gasteiger partial charge < -0.3 is 9.47 Å². The number of para-hydroxylation sites is 2. The van der Waals surface area contributed by atoms with Gasteiger partial charge in [0.1, 0.15) is 5.75 Å². The molecule has 0 unspecified atom stereocenters. The lowest BCUT2D eigenvalue weighted by molar-refractivity contribution is -0.385. The van der Waals surface area contributed by atoms with Crippen molar-refractivity contribution in [3.8, 4) is 11.5 Å². The molecule has 6 nitrogen and oxygen atoms in total. The first-order valence-electron chi connectivity index (χ1n) is 6.62. The first-order valence-corrected chi connectivity index (χ1v) is 6.62. The summed E-state index contributed by atoms with van der Waals surface area (Å²) in [5, 5.41) is 10.9. The van der Waals surface area contributed by atoms with Gasteiger partial charge >= 0.3 is 11.7 Å².